The zero-order valence-electron chi connectivity index (χ0n) is 17.6. The lowest BCUT2D eigenvalue weighted by Crippen LogP contribution is -2.27. The minimum Gasteiger partial charge on any atom is -0.496 e. The number of ether oxygens (including phenoxy) is 1. The molecule has 2 aromatic rings. The Morgan fingerprint density at radius 1 is 1.04 bits per heavy atom. The lowest BCUT2D eigenvalue weighted by atomic mass is 9.93. The summed E-state index contributed by atoms with van der Waals surface area (Å²) in [5.74, 6) is 1.37. The summed E-state index contributed by atoms with van der Waals surface area (Å²) in [5, 5.41) is 3.15. The molecule has 0 aliphatic carbocycles. The van der Waals surface area contributed by atoms with Gasteiger partial charge in [-0.1, -0.05) is 45.0 Å². The van der Waals surface area contributed by atoms with Gasteiger partial charge in [0.1, 0.15) is 5.75 Å². The van der Waals surface area contributed by atoms with Crippen LogP contribution in [0.3, 0.4) is 0 Å². The normalized spacial score (nSPS) is 12.1. The summed E-state index contributed by atoms with van der Waals surface area (Å²) in [5.41, 5.74) is 6.00. The zero-order chi connectivity index (χ0) is 20.0. The predicted octanol–water partition coefficient (Wildman–Crippen LogP) is 5.50. The minimum atomic E-state index is -0.0247. The molecule has 27 heavy (non-hydrogen) atoms. The summed E-state index contributed by atoms with van der Waals surface area (Å²) >= 11 is 0. The molecule has 0 aliphatic heterocycles. The second-order valence-corrected chi connectivity index (χ2v) is 7.56. The quantitative estimate of drug-likeness (QED) is 0.669. The van der Waals surface area contributed by atoms with Crippen molar-refractivity contribution in [3.05, 3.63) is 64.2 Å². The number of benzene rings is 2. The number of hydrogen-bond acceptors (Lipinski definition) is 2. The van der Waals surface area contributed by atoms with E-state index in [0.29, 0.717) is 12.3 Å². The van der Waals surface area contributed by atoms with E-state index in [1.54, 1.807) is 7.11 Å². The van der Waals surface area contributed by atoms with Crippen LogP contribution in [0.4, 0.5) is 0 Å². The third kappa shape index (κ3) is 5.59. The zero-order valence-corrected chi connectivity index (χ0v) is 17.6. The second-order valence-electron chi connectivity index (χ2n) is 7.56. The monoisotopic (exact) mass is 367 g/mol. The lowest BCUT2D eigenvalue weighted by molar-refractivity contribution is -0.121. The molecule has 146 valence electrons. The molecule has 0 aromatic heterocycles. The first-order chi connectivity index (χ1) is 12.8. The Kier molecular flexibility index (Phi) is 7.46. The van der Waals surface area contributed by atoms with E-state index < -0.39 is 0 Å². The van der Waals surface area contributed by atoms with Crippen LogP contribution in [-0.2, 0) is 17.6 Å². The molecular formula is C24H33NO2. The van der Waals surface area contributed by atoms with Crippen molar-refractivity contribution >= 4 is 5.91 Å². The van der Waals surface area contributed by atoms with Crippen molar-refractivity contribution in [2.75, 3.05) is 7.11 Å². The number of aryl methyl sites for hydroxylation is 3. The van der Waals surface area contributed by atoms with Crippen LogP contribution in [0.15, 0.2) is 36.4 Å². The molecule has 1 N–H and O–H groups in total. The van der Waals surface area contributed by atoms with E-state index in [9.17, 15) is 4.79 Å². The standard InChI is InChI=1S/C24H33NO2/c1-7-19-8-10-20(11-9-19)12-13-24(26)25-18(5)22-15-21(16(2)3)23(27-6)14-17(22)4/h8-11,14-16,18H,7,12-13H2,1-6H3,(H,25,26). The van der Waals surface area contributed by atoms with Gasteiger partial charge in [0.25, 0.3) is 0 Å². The molecule has 2 aromatic carbocycles. The number of amides is 1. The summed E-state index contributed by atoms with van der Waals surface area (Å²) in [7, 11) is 1.71. The highest BCUT2D eigenvalue weighted by atomic mass is 16.5. The van der Waals surface area contributed by atoms with Gasteiger partial charge in [-0.05, 0) is 72.6 Å². The van der Waals surface area contributed by atoms with E-state index in [0.717, 1.165) is 29.7 Å². The molecule has 0 fully saturated rings. The lowest BCUT2D eigenvalue weighted by Gasteiger charge is -2.21. The van der Waals surface area contributed by atoms with E-state index in [2.05, 4.69) is 69.4 Å². The van der Waals surface area contributed by atoms with Gasteiger partial charge in [-0.15, -0.1) is 0 Å². The summed E-state index contributed by atoms with van der Waals surface area (Å²) in [6.45, 7) is 10.6. The molecule has 1 amide bonds. The van der Waals surface area contributed by atoms with Crippen LogP contribution >= 0.6 is 0 Å². The van der Waals surface area contributed by atoms with Crippen molar-refractivity contribution in [3.8, 4) is 5.75 Å². The predicted molar refractivity (Wildman–Crippen MR) is 113 cm³/mol. The molecule has 0 bridgehead atoms. The number of rotatable bonds is 8. The fraction of sp³-hybridized carbons (Fsp3) is 0.458. The molecule has 0 saturated carbocycles. The van der Waals surface area contributed by atoms with Gasteiger partial charge in [-0.2, -0.15) is 0 Å². The van der Waals surface area contributed by atoms with Crippen LogP contribution in [0.5, 0.6) is 5.75 Å². The van der Waals surface area contributed by atoms with Crippen LogP contribution in [0.2, 0.25) is 0 Å². The Morgan fingerprint density at radius 3 is 2.22 bits per heavy atom. The van der Waals surface area contributed by atoms with Gasteiger partial charge in [0, 0.05) is 6.42 Å². The van der Waals surface area contributed by atoms with Crippen LogP contribution in [-0.4, -0.2) is 13.0 Å². The van der Waals surface area contributed by atoms with Crippen LogP contribution in [0, 0.1) is 6.92 Å². The topological polar surface area (TPSA) is 38.3 Å². The van der Waals surface area contributed by atoms with Crippen molar-refractivity contribution in [2.45, 2.75) is 65.8 Å². The summed E-state index contributed by atoms with van der Waals surface area (Å²) in [4.78, 5) is 12.4. The molecule has 0 spiro atoms. The number of carbonyl (C=O) groups is 1. The third-order valence-corrected chi connectivity index (χ3v) is 5.16. The number of methoxy groups -OCH3 is 1. The Morgan fingerprint density at radius 2 is 1.67 bits per heavy atom. The highest BCUT2D eigenvalue weighted by Crippen LogP contribution is 2.32. The van der Waals surface area contributed by atoms with Gasteiger partial charge >= 0.3 is 0 Å². The molecular weight excluding hydrogens is 334 g/mol. The maximum Gasteiger partial charge on any atom is 0.220 e. The van der Waals surface area contributed by atoms with Gasteiger partial charge in [-0.3, -0.25) is 4.79 Å². The average Bonchev–Trinajstić information content (AvgIpc) is 2.66. The largest absolute Gasteiger partial charge is 0.496 e. The SMILES string of the molecule is CCc1ccc(CCC(=O)NC(C)c2cc(C(C)C)c(OC)cc2C)cc1. The van der Waals surface area contributed by atoms with Crippen molar-refractivity contribution < 1.29 is 9.53 Å². The van der Waals surface area contributed by atoms with E-state index in [4.69, 9.17) is 4.74 Å². The van der Waals surface area contributed by atoms with Gasteiger partial charge in [0.2, 0.25) is 5.91 Å². The number of carbonyl (C=O) groups excluding carboxylic acids is 1. The summed E-state index contributed by atoms with van der Waals surface area (Å²) in [6, 6.07) is 12.8. The van der Waals surface area contributed by atoms with E-state index in [1.807, 2.05) is 6.92 Å². The molecule has 1 atom stereocenters. The first-order valence-corrected chi connectivity index (χ1v) is 9.91. The molecule has 0 saturated heterocycles. The fourth-order valence-corrected chi connectivity index (χ4v) is 3.40. The fourth-order valence-electron chi connectivity index (χ4n) is 3.40. The Bertz CT molecular complexity index is 763. The number of hydrogen-bond donors (Lipinski definition) is 1. The minimum absolute atomic E-state index is 0.0247. The van der Waals surface area contributed by atoms with Gasteiger partial charge in [0.05, 0.1) is 13.2 Å². The molecule has 0 radical (unpaired) electrons. The van der Waals surface area contributed by atoms with Crippen molar-refractivity contribution in [2.24, 2.45) is 0 Å². The smallest absolute Gasteiger partial charge is 0.220 e. The molecule has 3 nitrogen and oxygen atoms in total. The first-order valence-electron chi connectivity index (χ1n) is 9.91. The highest BCUT2D eigenvalue weighted by molar-refractivity contribution is 5.76. The van der Waals surface area contributed by atoms with E-state index >= 15 is 0 Å². The van der Waals surface area contributed by atoms with Gasteiger partial charge in [-0.25, -0.2) is 0 Å². The third-order valence-electron chi connectivity index (χ3n) is 5.16. The maximum atomic E-state index is 12.4. The summed E-state index contributed by atoms with van der Waals surface area (Å²) in [6.07, 6.45) is 2.31. The Hall–Kier alpha value is -2.29. The molecule has 0 heterocycles. The van der Waals surface area contributed by atoms with Gasteiger partial charge < -0.3 is 10.1 Å². The van der Waals surface area contributed by atoms with Crippen molar-refractivity contribution in [3.63, 3.8) is 0 Å². The van der Waals surface area contributed by atoms with Gasteiger partial charge in [0.15, 0.2) is 0 Å². The second kappa shape index (κ2) is 9.59. The van der Waals surface area contributed by atoms with Crippen LogP contribution in [0.1, 0.15) is 73.9 Å². The Labute approximate surface area is 164 Å². The molecule has 1 unspecified atom stereocenters. The van der Waals surface area contributed by atoms with E-state index in [1.165, 1.54) is 16.7 Å². The van der Waals surface area contributed by atoms with E-state index in [-0.39, 0.29) is 11.9 Å². The summed E-state index contributed by atoms with van der Waals surface area (Å²) < 4.78 is 5.52. The molecule has 0 aliphatic rings. The van der Waals surface area contributed by atoms with Crippen molar-refractivity contribution in [1.82, 2.24) is 5.32 Å². The van der Waals surface area contributed by atoms with Crippen molar-refractivity contribution in [1.29, 1.82) is 0 Å². The van der Waals surface area contributed by atoms with Crippen LogP contribution < -0.4 is 10.1 Å². The molecule has 3 heteroatoms. The average molecular weight is 368 g/mol. The molecule has 2 rings (SSSR count). The first kappa shape index (κ1) is 21.0. The highest BCUT2D eigenvalue weighted by Gasteiger charge is 2.16. The number of nitrogens with one attached hydrogen (secondary N) is 1. The van der Waals surface area contributed by atoms with Crippen LogP contribution in [0.25, 0.3) is 0 Å². The Balaban J connectivity index is 2.01. The maximum absolute atomic E-state index is 12.4.